The van der Waals surface area contributed by atoms with Gasteiger partial charge in [0.1, 0.15) is 0 Å². The van der Waals surface area contributed by atoms with Crippen molar-refractivity contribution in [1.82, 2.24) is 14.7 Å². The second-order valence-electron chi connectivity index (χ2n) is 4.68. The number of hydrogen-bond acceptors (Lipinski definition) is 4. The summed E-state index contributed by atoms with van der Waals surface area (Å²) in [6.45, 7) is 3.81. The van der Waals surface area contributed by atoms with E-state index in [9.17, 15) is 4.79 Å². The van der Waals surface area contributed by atoms with E-state index in [0.29, 0.717) is 19.6 Å². The fourth-order valence-corrected chi connectivity index (χ4v) is 2.04. The highest BCUT2D eigenvalue weighted by Crippen LogP contribution is 2.14. The fourth-order valence-electron chi connectivity index (χ4n) is 2.04. The van der Waals surface area contributed by atoms with Crippen LogP contribution in [0.15, 0.2) is 47.3 Å². The summed E-state index contributed by atoms with van der Waals surface area (Å²) >= 11 is 0. The molecule has 2 aromatic rings. The molecular weight excluding hydrogens is 264 g/mol. The number of benzene rings is 1. The quantitative estimate of drug-likeness (QED) is 0.814. The van der Waals surface area contributed by atoms with Gasteiger partial charge in [-0.1, -0.05) is 37.3 Å². The largest absolute Gasteiger partial charge is 0.284 e. The van der Waals surface area contributed by atoms with Gasteiger partial charge in [-0.3, -0.25) is 9.69 Å². The van der Waals surface area contributed by atoms with E-state index in [2.05, 4.69) is 11.2 Å². The number of aromatic nitrogens is 2. The average Bonchev–Trinajstić information content (AvgIpc) is 2.54. The van der Waals surface area contributed by atoms with Crippen molar-refractivity contribution in [3.63, 3.8) is 0 Å². The fraction of sp³-hybridized carbons (Fsp3) is 0.312. The van der Waals surface area contributed by atoms with E-state index in [1.165, 1.54) is 10.7 Å². The van der Waals surface area contributed by atoms with Crippen molar-refractivity contribution in [3.05, 3.63) is 52.8 Å². The SMILES string of the molecule is CCN(CCC#N)Cn1nc(-c2ccccc2)ccc1=O. The van der Waals surface area contributed by atoms with Crippen LogP contribution >= 0.6 is 0 Å². The van der Waals surface area contributed by atoms with Crippen molar-refractivity contribution in [2.45, 2.75) is 20.0 Å². The molecule has 0 saturated heterocycles. The van der Waals surface area contributed by atoms with Gasteiger partial charge in [-0.15, -0.1) is 0 Å². The number of hydrogen-bond donors (Lipinski definition) is 0. The van der Waals surface area contributed by atoms with E-state index in [1.54, 1.807) is 6.07 Å². The number of nitriles is 1. The molecule has 0 N–H and O–H groups in total. The summed E-state index contributed by atoms with van der Waals surface area (Å²) in [6, 6.07) is 15.1. The number of nitrogens with zero attached hydrogens (tertiary/aromatic N) is 4. The van der Waals surface area contributed by atoms with Gasteiger partial charge >= 0.3 is 0 Å². The second kappa shape index (κ2) is 7.36. The first-order valence-corrected chi connectivity index (χ1v) is 6.97. The minimum Gasteiger partial charge on any atom is -0.284 e. The second-order valence-corrected chi connectivity index (χ2v) is 4.68. The van der Waals surface area contributed by atoms with Crippen molar-refractivity contribution in [3.8, 4) is 17.3 Å². The van der Waals surface area contributed by atoms with Crippen LogP contribution in [-0.4, -0.2) is 27.8 Å². The van der Waals surface area contributed by atoms with E-state index < -0.39 is 0 Å². The third kappa shape index (κ3) is 4.01. The van der Waals surface area contributed by atoms with Crippen LogP contribution in [0.5, 0.6) is 0 Å². The highest BCUT2D eigenvalue weighted by Gasteiger charge is 2.07. The van der Waals surface area contributed by atoms with E-state index in [1.807, 2.05) is 42.2 Å². The molecule has 21 heavy (non-hydrogen) atoms. The zero-order valence-corrected chi connectivity index (χ0v) is 12.1. The minimum atomic E-state index is -0.134. The van der Waals surface area contributed by atoms with Gasteiger partial charge in [0.2, 0.25) is 0 Å². The first-order chi connectivity index (χ1) is 10.2. The summed E-state index contributed by atoms with van der Waals surface area (Å²) in [5.41, 5.74) is 1.61. The molecule has 1 heterocycles. The summed E-state index contributed by atoms with van der Waals surface area (Å²) in [5.74, 6) is 0. The van der Waals surface area contributed by atoms with Gasteiger partial charge < -0.3 is 0 Å². The Morgan fingerprint density at radius 1 is 1.24 bits per heavy atom. The smallest absolute Gasteiger partial charge is 0.268 e. The Labute approximate surface area is 124 Å². The van der Waals surface area contributed by atoms with Gasteiger partial charge in [0.05, 0.1) is 18.4 Å². The molecule has 2 rings (SSSR count). The third-order valence-electron chi connectivity index (χ3n) is 3.26. The maximum absolute atomic E-state index is 11.9. The van der Waals surface area contributed by atoms with Crippen LogP contribution in [0, 0.1) is 11.3 Å². The van der Waals surface area contributed by atoms with Crippen LogP contribution in [0.4, 0.5) is 0 Å². The molecule has 0 saturated carbocycles. The molecular formula is C16H18N4O. The van der Waals surface area contributed by atoms with E-state index in [0.717, 1.165) is 17.8 Å². The Morgan fingerprint density at radius 3 is 2.67 bits per heavy atom. The first-order valence-electron chi connectivity index (χ1n) is 6.97. The van der Waals surface area contributed by atoms with E-state index in [4.69, 9.17) is 5.26 Å². The zero-order valence-electron chi connectivity index (χ0n) is 12.1. The summed E-state index contributed by atoms with van der Waals surface area (Å²) < 4.78 is 1.45. The molecule has 108 valence electrons. The molecule has 0 aliphatic carbocycles. The van der Waals surface area contributed by atoms with Crippen molar-refractivity contribution in [2.24, 2.45) is 0 Å². The molecule has 0 amide bonds. The Hall–Kier alpha value is -2.45. The maximum atomic E-state index is 11.9. The van der Waals surface area contributed by atoms with Crippen molar-refractivity contribution in [2.75, 3.05) is 13.1 Å². The summed E-state index contributed by atoms with van der Waals surface area (Å²) in [4.78, 5) is 14.0. The van der Waals surface area contributed by atoms with Crippen LogP contribution in [0.3, 0.4) is 0 Å². The Morgan fingerprint density at radius 2 is 2.00 bits per heavy atom. The molecule has 0 bridgehead atoms. The average molecular weight is 282 g/mol. The molecule has 0 atom stereocenters. The summed E-state index contributed by atoms with van der Waals surface area (Å²) in [5, 5.41) is 13.1. The molecule has 1 aromatic heterocycles. The van der Waals surface area contributed by atoms with Crippen LogP contribution < -0.4 is 5.56 Å². The molecule has 5 nitrogen and oxygen atoms in total. The molecule has 0 aliphatic rings. The van der Waals surface area contributed by atoms with Crippen molar-refractivity contribution >= 4 is 0 Å². The Balaban J connectivity index is 2.24. The third-order valence-corrected chi connectivity index (χ3v) is 3.26. The van der Waals surface area contributed by atoms with Crippen molar-refractivity contribution in [1.29, 1.82) is 5.26 Å². The lowest BCUT2D eigenvalue weighted by Gasteiger charge is -2.19. The van der Waals surface area contributed by atoms with Gasteiger partial charge in [0, 0.05) is 24.6 Å². The highest BCUT2D eigenvalue weighted by atomic mass is 16.1. The number of rotatable bonds is 6. The van der Waals surface area contributed by atoms with Crippen LogP contribution in [-0.2, 0) is 6.67 Å². The Bertz CT molecular complexity index is 673. The van der Waals surface area contributed by atoms with Gasteiger partial charge in [-0.05, 0) is 12.6 Å². The maximum Gasteiger partial charge on any atom is 0.268 e. The first kappa shape index (κ1) is 14.9. The normalized spacial score (nSPS) is 10.5. The molecule has 0 fully saturated rings. The molecule has 0 aliphatic heterocycles. The predicted octanol–water partition coefficient (Wildman–Crippen LogP) is 2.10. The van der Waals surface area contributed by atoms with Gasteiger partial charge in [0.15, 0.2) is 0 Å². The van der Waals surface area contributed by atoms with Crippen molar-refractivity contribution < 1.29 is 0 Å². The summed E-state index contributed by atoms with van der Waals surface area (Å²) in [7, 11) is 0. The molecule has 1 aromatic carbocycles. The molecule has 5 heteroatoms. The highest BCUT2D eigenvalue weighted by molar-refractivity contribution is 5.57. The van der Waals surface area contributed by atoms with Gasteiger partial charge in [-0.2, -0.15) is 10.4 Å². The lowest BCUT2D eigenvalue weighted by Crippen LogP contribution is -2.34. The van der Waals surface area contributed by atoms with Gasteiger partial charge in [-0.25, -0.2) is 4.68 Å². The van der Waals surface area contributed by atoms with E-state index >= 15 is 0 Å². The van der Waals surface area contributed by atoms with Crippen LogP contribution in [0.25, 0.3) is 11.3 Å². The zero-order chi connectivity index (χ0) is 15.1. The lowest BCUT2D eigenvalue weighted by atomic mass is 10.1. The lowest BCUT2D eigenvalue weighted by molar-refractivity contribution is 0.217. The predicted molar refractivity (Wildman–Crippen MR) is 81.4 cm³/mol. The Kier molecular flexibility index (Phi) is 5.24. The van der Waals surface area contributed by atoms with Gasteiger partial charge in [0.25, 0.3) is 5.56 Å². The van der Waals surface area contributed by atoms with Crippen LogP contribution in [0.2, 0.25) is 0 Å². The molecule has 0 unspecified atom stereocenters. The minimum absolute atomic E-state index is 0.134. The van der Waals surface area contributed by atoms with Crippen LogP contribution in [0.1, 0.15) is 13.3 Å². The summed E-state index contributed by atoms with van der Waals surface area (Å²) in [6.07, 6.45) is 0.445. The topological polar surface area (TPSA) is 61.9 Å². The monoisotopic (exact) mass is 282 g/mol. The molecule has 0 radical (unpaired) electrons. The standard InChI is InChI=1S/C16H18N4O/c1-2-19(12-6-11-17)13-20-16(21)10-9-15(18-20)14-7-4-3-5-8-14/h3-5,7-10H,2,6,12-13H2,1H3. The molecule has 0 spiro atoms. The van der Waals surface area contributed by atoms with E-state index in [-0.39, 0.29) is 5.56 Å².